The second-order valence-corrected chi connectivity index (χ2v) is 8.26. The molecule has 0 spiro atoms. The summed E-state index contributed by atoms with van der Waals surface area (Å²) in [6.07, 6.45) is -1.23. The molecule has 0 bridgehead atoms. The van der Waals surface area contributed by atoms with Crippen LogP contribution in [0.3, 0.4) is 0 Å². The fraction of sp³-hybridized carbons (Fsp3) is 0.200. The molecule has 34 heavy (non-hydrogen) atoms. The van der Waals surface area contributed by atoms with Gasteiger partial charge in [-0.15, -0.1) is 0 Å². The number of hydrogen-bond acceptors (Lipinski definition) is 6. The summed E-state index contributed by atoms with van der Waals surface area (Å²) in [6, 6.07) is 18.2. The van der Waals surface area contributed by atoms with Crippen LogP contribution in [0.25, 0.3) is 0 Å². The molecule has 4 aromatic rings. The number of anilines is 1. The number of halogens is 1. The average Bonchev–Trinajstić information content (AvgIpc) is 3.35. The van der Waals surface area contributed by atoms with E-state index in [1.165, 1.54) is 4.68 Å². The molecule has 0 radical (unpaired) electrons. The van der Waals surface area contributed by atoms with Gasteiger partial charge in [0.15, 0.2) is 5.82 Å². The molecule has 8 nitrogen and oxygen atoms in total. The minimum Gasteiger partial charge on any atom is -0.444 e. The maximum absolute atomic E-state index is 13.2. The number of esters is 1. The third-order valence-corrected chi connectivity index (χ3v) is 5.55. The van der Waals surface area contributed by atoms with Crippen LogP contribution in [0, 0.1) is 20.8 Å². The number of carbonyl (C=O) groups excluding carboxylic acids is 2. The Bertz CT molecular complexity index is 1310. The number of aryl methyl sites for hydroxylation is 3. The van der Waals surface area contributed by atoms with E-state index in [-0.39, 0.29) is 16.5 Å². The number of hydrogen-bond donors (Lipinski definition) is 1. The number of carbonyl (C=O) groups is 2. The van der Waals surface area contributed by atoms with Gasteiger partial charge in [-0.2, -0.15) is 5.10 Å². The van der Waals surface area contributed by atoms with Crippen LogP contribution in [-0.2, 0) is 16.1 Å². The van der Waals surface area contributed by atoms with Crippen molar-refractivity contribution >= 4 is 29.3 Å². The lowest BCUT2D eigenvalue weighted by molar-refractivity contribution is -0.125. The average molecular weight is 479 g/mol. The van der Waals surface area contributed by atoms with Gasteiger partial charge in [-0.25, -0.2) is 9.48 Å². The predicted molar refractivity (Wildman–Crippen MR) is 127 cm³/mol. The molecule has 2 aromatic heterocycles. The summed E-state index contributed by atoms with van der Waals surface area (Å²) in [7, 11) is 0. The van der Waals surface area contributed by atoms with Gasteiger partial charge in [0.25, 0.3) is 5.91 Å². The van der Waals surface area contributed by atoms with Gasteiger partial charge in [0, 0.05) is 11.6 Å². The molecule has 0 aliphatic heterocycles. The van der Waals surface area contributed by atoms with Crippen LogP contribution in [0.4, 0.5) is 5.82 Å². The SMILES string of the molecule is Cc1ccc(Cn2nc(C)c(C(=O)O[C@H](C(=O)Nc3cc(C)on3)c3ccccc3)c2Cl)cc1. The lowest BCUT2D eigenvalue weighted by atomic mass is 10.1. The number of nitrogens with zero attached hydrogens (tertiary/aromatic N) is 3. The molecule has 1 N–H and O–H groups in total. The second-order valence-electron chi connectivity index (χ2n) is 7.90. The Labute approximate surface area is 201 Å². The van der Waals surface area contributed by atoms with Crippen molar-refractivity contribution in [2.24, 2.45) is 0 Å². The Morgan fingerprint density at radius 2 is 1.79 bits per heavy atom. The molecule has 9 heteroatoms. The molecule has 0 aliphatic carbocycles. The standard InChI is InChI=1S/C25H23ClN4O4/c1-15-9-11-18(12-10-15)14-30-23(26)21(17(3)28-30)25(32)33-22(19-7-5-4-6-8-19)24(31)27-20-13-16(2)34-29-20/h4-13,22H,14H2,1-3H3,(H,27,29,31)/t22-/m0/s1. The van der Waals surface area contributed by atoms with Crippen LogP contribution in [0.5, 0.6) is 0 Å². The summed E-state index contributed by atoms with van der Waals surface area (Å²) in [5, 5.41) is 10.9. The first-order chi connectivity index (χ1) is 16.3. The first kappa shape index (κ1) is 23.3. The largest absolute Gasteiger partial charge is 0.444 e. The smallest absolute Gasteiger partial charge is 0.344 e. The third kappa shape index (κ3) is 5.18. The summed E-state index contributed by atoms with van der Waals surface area (Å²) < 4.78 is 12.2. The lowest BCUT2D eigenvalue weighted by Gasteiger charge is -2.17. The van der Waals surface area contributed by atoms with Crippen LogP contribution in [0.15, 0.2) is 65.2 Å². The molecule has 2 aromatic carbocycles. The van der Waals surface area contributed by atoms with Crippen molar-refractivity contribution in [2.75, 3.05) is 5.32 Å². The van der Waals surface area contributed by atoms with E-state index >= 15 is 0 Å². The van der Waals surface area contributed by atoms with E-state index in [4.69, 9.17) is 20.9 Å². The zero-order chi connectivity index (χ0) is 24.2. The van der Waals surface area contributed by atoms with E-state index in [0.29, 0.717) is 23.6 Å². The summed E-state index contributed by atoms with van der Waals surface area (Å²) >= 11 is 6.52. The summed E-state index contributed by atoms with van der Waals surface area (Å²) in [5.74, 6) is -0.571. The van der Waals surface area contributed by atoms with Crippen LogP contribution < -0.4 is 5.32 Å². The number of aromatic nitrogens is 3. The molecule has 0 aliphatic rings. The van der Waals surface area contributed by atoms with Gasteiger partial charge in [-0.05, 0) is 26.3 Å². The fourth-order valence-electron chi connectivity index (χ4n) is 3.44. The van der Waals surface area contributed by atoms with Crippen molar-refractivity contribution in [3.8, 4) is 0 Å². The normalized spacial score (nSPS) is 11.8. The predicted octanol–water partition coefficient (Wildman–Crippen LogP) is 5.03. The maximum Gasteiger partial charge on any atom is 0.344 e. The highest BCUT2D eigenvalue weighted by Gasteiger charge is 2.30. The van der Waals surface area contributed by atoms with Crippen molar-refractivity contribution < 1.29 is 18.8 Å². The Balaban J connectivity index is 1.58. The Morgan fingerprint density at radius 1 is 1.09 bits per heavy atom. The molecule has 0 unspecified atom stereocenters. The van der Waals surface area contributed by atoms with Crippen LogP contribution in [-0.4, -0.2) is 26.8 Å². The Hall–Kier alpha value is -3.91. The highest BCUT2D eigenvalue weighted by Crippen LogP contribution is 2.26. The van der Waals surface area contributed by atoms with Gasteiger partial charge in [-0.1, -0.05) is 76.9 Å². The fourth-order valence-corrected chi connectivity index (χ4v) is 3.75. The van der Waals surface area contributed by atoms with Crippen LogP contribution >= 0.6 is 11.6 Å². The van der Waals surface area contributed by atoms with Crippen molar-refractivity contribution in [1.82, 2.24) is 14.9 Å². The van der Waals surface area contributed by atoms with E-state index in [1.54, 1.807) is 50.2 Å². The third-order valence-electron chi connectivity index (χ3n) is 5.17. The zero-order valence-corrected chi connectivity index (χ0v) is 19.7. The molecular formula is C25H23ClN4O4. The number of nitrogens with one attached hydrogen (secondary N) is 1. The molecule has 0 saturated heterocycles. The topological polar surface area (TPSA) is 99.2 Å². The number of benzene rings is 2. The first-order valence-electron chi connectivity index (χ1n) is 10.6. The quantitative estimate of drug-likeness (QED) is 0.374. The van der Waals surface area contributed by atoms with E-state index in [0.717, 1.165) is 11.1 Å². The number of ether oxygens (including phenoxy) is 1. The highest BCUT2D eigenvalue weighted by molar-refractivity contribution is 6.32. The number of rotatable bonds is 7. The maximum atomic E-state index is 13.2. The number of amides is 1. The first-order valence-corrected chi connectivity index (χ1v) is 11.0. The summed E-state index contributed by atoms with van der Waals surface area (Å²) in [6.45, 7) is 5.77. The molecule has 1 atom stereocenters. The van der Waals surface area contributed by atoms with Crippen molar-refractivity contribution in [1.29, 1.82) is 0 Å². The van der Waals surface area contributed by atoms with E-state index in [2.05, 4.69) is 15.6 Å². The van der Waals surface area contributed by atoms with Gasteiger partial charge in [0.2, 0.25) is 6.10 Å². The van der Waals surface area contributed by atoms with Gasteiger partial charge >= 0.3 is 5.97 Å². The minimum atomic E-state index is -1.23. The van der Waals surface area contributed by atoms with Gasteiger partial charge < -0.3 is 14.6 Å². The molecule has 1 amide bonds. The minimum absolute atomic E-state index is 0.111. The Kier molecular flexibility index (Phi) is 6.79. The highest BCUT2D eigenvalue weighted by atomic mass is 35.5. The van der Waals surface area contributed by atoms with Gasteiger partial charge in [0.05, 0.1) is 12.2 Å². The Morgan fingerprint density at radius 3 is 2.44 bits per heavy atom. The van der Waals surface area contributed by atoms with Gasteiger partial charge in [0.1, 0.15) is 16.5 Å². The summed E-state index contributed by atoms with van der Waals surface area (Å²) in [4.78, 5) is 26.2. The van der Waals surface area contributed by atoms with Crippen LogP contribution in [0.2, 0.25) is 5.15 Å². The summed E-state index contributed by atoms with van der Waals surface area (Å²) in [5.41, 5.74) is 3.14. The van der Waals surface area contributed by atoms with Crippen molar-refractivity contribution in [3.05, 3.63) is 99.5 Å². The van der Waals surface area contributed by atoms with Crippen molar-refractivity contribution in [2.45, 2.75) is 33.4 Å². The molecule has 174 valence electrons. The van der Waals surface area contributed by atoms with E-state index in [1.807, 2.05) is 31.2 Å². The zero-order valence-electron chi connectivity index (χ0n) is 18.9. The molecule has 4 rings (SSSR count). The molecular weight excluding hydrogens is 456 g/mol. The van der Waals surface area contributed by atoms with Crippen LogP contribution in [0.1, 0.15) is 44.6 Å². The van der Waals surface area contributed by atoms with E-state index < -0.39 is 18.0 Å². The van der Waals surface area contributed by atoms with Gasteiger partial charge in [-0.3, -0.25) is 4.79 Å². The molecule has 0 saturated carbocycles. The molecule has 2 heterocycles. The second kappa shape index (κ2) is 9.93. The van der Waals surface area contributed by atoms with E-state index in [9.17, 15) is 9.59 Å². The molecule has 0 fully saturated rings. The monoisotopic (exact) mass is 478 g/mol. The van der Waals surface area contributed by atoms with Crippen molar-refractivity contribution in [3.63, 3.8) is 0 Å². The lowest BCUT2D eigenvalue weighted by Crippen LogP contribution is -2.26.